The Morgan fingerprint density at radius 3 is 2.80 bits per heavy atom. The van der Waals surface area contributed by atoms with Gasteiger partial charge in [0.25, 0.3) is 0 Å². The number of benzene rings is 1. The van der Waals surface area contributed by atoms with E-state index < -0.39 is 0 Å². The Hall–Kier alpha value is -0.790. The molecule has 1 aromatic carbocycles. The van der Waals surface area contributed by atoms with E-state index in [0.29, 0.717) is 0 Å². The van der Waals surface area contributed by atoms with Gasteiger partial charge in [0.2, 0.25) is 0 Å². The van der Waals surface area contributed by atoms with Gasteiger partial charge in [0.15, 0.2) is 0 Å². The van der Waals surface area contributed by atoms with Crippen LogP contribution < -0.4 is 5.32 Å². The lowest BCUT2D eigenvalue weighted by Gasteiger charge is -2.06. The van der Waals surface area contributed by atoms with E-state index in [9.17, 15) is 0 Å². The Kier molecular flexibility index (Phi) is 4.86. The van der Waals surface area contributed by atoms with Crippen molar-refractivity contribution >= 4 is 11.6 Å². The van der Waals surface area contributed by atoms with Crippen molar-refractivity contribution in [3.05, 3.63) is 46.5 Å². The van der Waals surface area contributed by atoms with E-state index in [4.69, 9.17) is 11.6 Å². The Morgan fingerprint density at radius 2 is 2.20 bits per heavy atom. The van der Waals surface area contributed by atoms with Gasteiger partial charge in [-0.2, -0.15) is 0 Å². The lowest BCUT2D eigenvalue weighted by atomic mass is 10.1. The fourth-order valence-corrected chi connectivity index (χ4v) is 1.47. The van der Waals surface area contributed by atoms with Gasteiger partial charge in [-0.15, -0.1) is 6.58 Å². The highest BCUT2D eigenvalue weighted by molar-refractivity contribution is 6.31. The first-order valence-electron chi connectivity index (χ1n) is 5.19. The van der Waals surface area contributed by atoms with Crippen LogP contribution in [-0.4, -0.2) is 6.54 Å². The van der Waals surface area contributed by atoms with Crippen LogP contribution in [0.25, 0.3) is 0 Å². The summed E-state index contributed by atoms with van der Waals surface area (Å²) >= 11 is 5.95. The standard InChI is InChI=1S/C13H18ClN/c1-10(2)6-7-15-9-12-4-5-13(14)11(3)8-12/h4-5,8,15H,1,6-7,9H2,2-3H3. The van der Waals surface area contributed by atoms with Gasteiger partial charge in [0, 0.05) is 11.6 Å². The molecule has 82 valence electrons. The van der Waals surface area contributed by atoms with E-state index in [0.717, 1.165) is 30.1 Å². The third-order valence-electron chi connectivity index (χ3n) is 2.28. The number of hydrogen-bond donors (Lipinski definition) is 1. The maximum Gasteiger partial charge on any atom is 0.0435 e. The zero-order chi connectivity index (χ0) is 11.3. The summed E-state index contributed by atoms with van der Waals surface area (Å²) in [5.74, 6) is 0. The third kappa shape index (κ3) is 4.50. The second-order valence-electron chi connectivity index (χ2n) is 3.97. The van der Waals surface area contributed by atoms with Crippen LogP contribution >= 0.6 is 11.6 Å². The first-order chi connectivity index (χ1) is 7.09. The summed E-state index contributed by atoms with van der Waals surface area (Å²) in [6.45, 7) is 9.82. The number of rotatable bonds is 5. The van der Waals surface area contributed by atoms with E-state index in [-0.39, 0.29) is 0 Å². The number of hydrogen-bond acceptors (Lipinski definition) is 1. The van der Waals surface area contributed by atoms with Crippen LogP contribution in [0.15, 0.2) is 30.4 Å². The summed E-state index contributed by atoms with van der Waals surface area (Å²) in [7, 11) is 0. The Morgan fingerprint density at radius 1 is 1.47 bits per heavy atom. The van der Waals surface area contributed by atoms with Crippen LogP contribution in [0, 0.1) is 6.92 Å². The molecule has 2 heteroatoms. The largest absolute Gasteiger partial charge is 0.312 e. The molecule has 0 aliphatic carbocycles. The first-order valence-corrected chi connectivity index (χ1v) is 5.57. The fourth-order valence-electron chi connectivity index (χ4n) is 1.35. The van der Waals surface area contributed by atoms with Crippen molar-refractivity contribution in [3.63, 3.8) is 0 Å². The molecule has 0 aliphatic heterocycles. The van der Waals surface area contributed by atoms with Gasteiger partial charge in [-0.05, 0) is 44.0 Å². The maximum atomic E-state index is 5.95. The molecule has 0 saturated carbocycles. The molecule has 1 rings (SSSR count). The fraction of sp³-hybridized carbons (Fsp3) is 0.385. The van der Waals surface area contributed by atoms with Gasteiger partial charge in [0.05, 0.1) is 0 Å². The van der Waals surface area contributed by atoms with Crippen LogP contribution in [0.4, 0.5) is 0 Å². The molecule has 1 aromatic rings. The average Bonchev–Trinajstić information content (AvgIpc) is 2.18. The van der Waals surface area contributed by atoms with E-state index in [1.54, 1.807) is 0 Å². The molecule has 0 heterocycles. The molecule has 1 nitrogen and oxygen atoms in total. The van der Waals surface area contributed by atoms with Crippen LogP contribution in [-0.2, 0) is 6.54 Å². The van der Waals surface area contributed by atoms with Crippen LogP contribution in [0.3, 0.4) is 0 Å². The zero-order valence-corrected chi connectivity index (χ0v) is 10.2. The smallest absolute Gasteiger partial charge is 0.0435 e. The van der Waals surface area contributed by atoms with E-state index >= 15 is 0 Å². The van der Waals surface area contributed by atoms with E-state index in [2.05, 4.69) is 24.0 Å². The lowest BCUT2D eigenvalue weighted by molar-refractivity contribution is 0.684. The van der Waals surface area contributed by atoms with Gasteiger partial charge in [-0.25, -0.2) is 0 Å². The highest BCUT2D eigenvalue weighted by atomic mass is 35.5. The molecule has 0 spiro atoms. The lowest BCUT2D eigenvalue weighted by Crippen LogP contribution is -2.14. The molecule has 0 aliphatic rings. The zero-order valence-electron chi connectivity index (χ0n) is 9.44. The normalized spacial score (nSPS) is 10.3. The summed E-state index contributed by atoms with van der Waals surface area (Å²) in [4.78, 5) is 0. The van der Waals surface area contributed by atoms with Gasteiger partial charge in [-0.1, -0.05) is 29.3 Å². The highest BCUT2D eigenvalue weighted by Crippen LogP contribution is 2.15. The maximum absolute atomic E-state index is 5.95. The van der Waals surface area contributed by atoms with Crippen molar-refractivity contribution in [2.24, 2.45) is 0 Å². The van der Waals surface area contributed by atoms with Crippen molar-refractivity contribution in [1.29, 1.82) is 0 Å². The molecule has 0 atom stereocenters. The predicted octanol–water partition coefficient (Wildman–Crippen LogP) is 3.70. The predicted molar refractivity (Wildman–Crippen MR) is 67.3 cm³/mol. The van der Waals surface area contributed by atoms with Crippen LogP contribution in [0.2, 0.25) is 5.02 Å². The highest BCUT2D eigenvalue weighted by Gasteiger charge is 1.97. The summed E-state index contributed by atoms with van der Waals surface area (Å²) < 4.78 is 0. The molecular formula is C13H18ClN. The second kappa shape index (κ2) is 5.94. The number of aryl methyl sites for hydroxylation is 1. The minimum absolute atomic E-state index is 0.834. The molecule has 1 N–H and O–H groups in total. The summed E-state index contributed by atoms with van der Waals surface area (Å²) in [5, 5.41) is 4.21. The second-order valence-corrected chi connectivity index (χ2v) is 4.37. The minimum Gasteiger partial charge on any atom is -0.312 e. The quantitative estimate of drug-likeness (QED) is 0.593. The van der Waals surface area contributed by atoms with E-state index in [1.165, 1.54) is 11.1 Å². The van der Waals surface area contributed by atoms with Crippen molar-refractivity contribution in [1.82, 2.24) is 5.32 Å². The first kappa shape index (κ1) is 12.3. The Balaban J connectivity index is 2.38. The van der Waals surface area contributed by atoms with Gasteiger partial charge in [-0.3, -0.25) is 0 Å². The van der Waals surface area contributed by atoms with Crippen molar-refractivity contribution in [2.75, 3.05) is 6.54 Å². The molecule has 0 fully saturated rings. The Labute approximate surface area is 97.1 Å². The van der Waals surface area contributed by atoms with Gasteiger partial charge >= 0.3 is 0 Å². The minimum atomic E-state index is 0.834. The average molecular weight is 224 g/mol. The molecule has 0 bridgehead atoms. The van der Waals surface area contributed by atoms with Crippen LogP contribution in [0.1, 0.15) is 24.5 Å². The number of halogens is 1. The summed E-state index contributed by atoms with van der Waals surface area (Å²) in [6, 6.07) is 6.13. The third-order valence-corrected chi connectivity index (χ3v) is 2.70. The molecule has 0 amide bonds. The Bertz CT molecular complexity index is 344. The SMILES string of the molecule is C=C(C)CCNCc1ccc(Cl)c(C)c1. The molecule has 0 unspecified atom stereocenters. The van der Waals surface area contributed by atoms with Gasteiger partial charge in [0.1, 0.15) is 0 Å². The molecule has 0 saturated heterocycles. The van der Waals surface area contributed by atoms with Crippen molar-refractivity contribution < 1.29 is 0 Å². The summed E-state index contributed by atoms with van der Waals surface area (Å²) in [5.41, 5.74) is 3.63. The molecular weight excluding hydrogens is 206 g/mol. The van der Waals surface area contributed by atoms with E-state index in [1.807, 2.05) is 19.9 Å². The van der Waals surface area contributed by atoms with Crippen LogP contribution in [0.5, 0.6) is 0 Å². The van der Waals surface area contributed by atoms with Crippen molar-refractivity contribution in [2.45, 2.75) is 26.8 Å². The topological polar surface area (TPSA) is 12.0 Å². The monoisotopic (exact) mass is 223 g/mol. The molecule has 15 heavy (non-hydrogen) atoms. The summed E-state index contributed by atoms with van der Waals surface area (Å²) in [6.07, 6.45) is 1.03. The molecule has 0 radical (unpaired) electrons. The van der Waals surface area contributed by atoms with Gasteiger partial charge < -0.3 is 5.32 Å². The number of nitrogens with one attached hydrogen (secondary N) is 1. The van der Waals surface area contributed by atoms with Crippen molar-refractivity contribution in [3.8, 4) is 0 Å². The molecule has 0 aromatic heterocycles.